The van der Waals surface area contributed by atoms with Crippen LogP contribution < -0.4 is 15.0 Å². The van der Waals surface area contributed by atoms with Crippen LogP contribution in [0.3, 0.4) is 0 Å². The summed E-state index contributed by atoms with van der Waals surface area (Å²) in [5.41, 5.74) is 1.80. The number of pyridine rings is 1. The third-order valence-electron chi connectivity index (χ3n) is 5.28. The number of likely N-dealkylation sites (tertiary alicyclic amines) is 1. The van der Waals surface area contributed by atoms with Crippen molar-refractivity contribution < 1.29 is 13.9 Å². The molecule has 3 aromatic rings. The summed E-state index contributed by atoms with van der Waals surface area (Å²) in [6.45, 7) is 6.46. The van der Waals surface area contributed by atoms with Crippen LogP contribution in [0.4, 0.5) is 4.39 Å². The maximum atomic E-state index is 13.1. The highest BCUT2D eigenvalue weighted by Crippen LogP contribution is 2.29. The molecule has 0 saturated carbocycles. The predicted octanol–water partition coefficient (Wildman–Crippen LogP) is 4.23. The number of aromatic amines is 1. The first-order valence-electron chi connectivity index (χ1n) is 10.1. The van der Waals surface area contributed by atoms with Gasteiger partial charge in [0.15, 0.2) is 0 Å². The van der Waals surface area contributed by atoms with Gasteiger partial charge in [-0.3, -0.25) is 9.69 Å². The Morgan fingerprint density at radius 3 is 2.43 bits per heavy atom. The van der Waals surface area contributed by atoms with Gasteiger partial charge < -0.3 is 14.5 Å². The van der Waals surface area contributed by atoms with Gasteiger partial charge in [-0.15, -0.1) is 0 Å². The summed E-state index contributed by atoms with van der Waals surface area (Å²) in [6, 6.07) is 15.8. The van der Waals surface area contributed by atoms with Gasteiger partial charge >= 0.3 is 0 Å². The largest absolute Gasteiger partial charge is 0.488 e. The summed E-state index contributed by atoms with van der Waals surface area (Å²) >= 11 is 0. The summed E-state index contributed by atoms with van der Waals surface area (Å²) in [6.07, 6.45) is 1.76. The lowest BCUT2D eigenvalue weighted by atomic mass is 10.1. The number of nitrogens with zero attached hydrogens (tertiary/aromatic N) is 1. The smallest absolute Gasteiger partial charge is 0.259 e. The average Bonchev–Trinajstić information content (AvgIpc) is 2.70. The summed E-state index contributed by atoms with van der Waals surface area (Å²) in [7, 11) is 0. The third kappa shape index (κ3) is 4.54. The van der Waals surface area contributed by atoms with Gasteiger partial charge in [0.05, 0.1) is 5.56 Å². The summed E-state index contributed by atoms with van der Waals surface area (Å²) in [5.74, 6) is 0.966. The van der Waals surface area contributed by atoms with Gasteiger partial charge in [0.25, 0.3) is 5.56 Å². The Bertz CT molecular complexity index is 1040. The first-order valence-corrected chi connectivity index (χ1v) is 10.1. The number of hydrogen-bond acceptors (Lipinski definition) is 4. The molecule has 0 atom stereocenters. The van der Waals surface area contributed by atoms with E-state index in [0.29, 0.717) is 17.4 Å². The van der Waals surface area contributed by atoms with E-state index in [1.807, 2.05) is 24.3 Å². The number of H-pyrrole nitrogens is 1. The Kier molecular flexibility index (Phi) is 5.86. The van der Waals surface area contributed by atoms with E-state index in [4.69, 9.17) is 9.47 Å². The molecule has 1 saturated heterocycles. The highest BCUT2D eigenvalue weighted by molar-refractivity contribution is 5.69. The summed E-state index contributed by atoms with van der Waals surface area (Å²) in [5, 5.41) is 0. The van der Waals surface area contributed by atoms with Gasteiger partial charge in [0.2, 0.25) is 0 Å². The molecule has 1 N–H and O–H groups in total. The first-order chi connectivity index (χ1) is 14.5. The highest BCUT2D eigenvalue weighted by Gasteiger charge is 2.30. The fraction of sp³-hybridized carbons (Fsp3) is 0.292. The molecule has 156 valence electrons. The SMILES string of the molecule is CC(C)N1CC(Oc2ccc(-c3c(OCc4ccc(F)cc4)cc[nH]c3=O)cc2)C1. The molecule has 1 aliphatic heterocycles. The second-order valence-electron chi connectivity index (χ2n) is 7.77. The van der Waals surface area contributed by atoms with E-state index in [9.17, 15) is 9.18 Å². The predicted molar refractivity (Wildman–Crippen MR) is 114 cm³/mol. The van der Waals surface area contributed by atoms with Crippen LogP contribution in [0.5, 0.6) is 11.5 Å². The fourth-order valence-electron chi connectivity index (χ4n) is 3.45. The van der Waals surface area contributed by atoms with Crippen LogP contribution in [-0.2, 0) is 6.61 Å². The van der Waals surface area contributed by atoms with Crippen LogP contribution in [0.25, 0.3) is 11.1 Å². The molecular formula is C24H25FN2O3. The van der Waals surface area contributed by atoms with Gasteiger partial charge in [0.1, 0.15) is 30.0 Å². The molecule has 0 aliphatic carbocycles. The van der Waals surface area contributed by atoms with Gasteiger partial charge in [-0.05, 0) is 55.3 Å². The molecule has 2 heterocycles. The van der Waals surface area contributed by atoms with Crippen molar-refractivity contribution in [1.82, 2.24) is 9.88 Å². The van der Waals surface area contributed by atoms with Crippen molar-refractivity contribution in [2.45, 2.75) is 32.6 Å². The van der Waals surface area contributed by atoms with Gasteiger partial charge in [-0.1, -0.05) is 24.3 Å². The van der Waals surface area contributed by atoms with Gasteiger partial charge in [-0.25, -0.2) is 4.39 Å². The number of nitrogens with one attached hydrogen (secondary N) is 1. The van der Waals surface area contributed by atoms with Crippen molar-refractivity contribution in [1.29, 1.82) is 0 Å². The van der Waals surface area contributed by atoms with Crippen molar-refractivity contribution in [3.63, 3.8) is 0 Å². The van der Waals surface area contributed by atoms with Crippen molar-refractivity contribution in [3.8, 4) is 22.6 Å². The molecule has 1 aliphatic rings. The molecule has 6 heteroatoms. The van der Waals surface area contributed by atoms with Crippen LogP contribution >= 0.6 is 0 Å². The minimum absolute atomic E-state index is 0.202. The molecule has 0 bridgehead atoms. The van der Waals surface area contributed by atoms with Crippen LogP contribution in [0, 0.1) is 5.82 Å². The lowest BCUT2D eigenvalue weighted by Gasteiger charge is -2.41. The molecule has 2 aromatic carbocycles. The second-order valence-corrected chi connectivity index (χ2v) is 7.77. The third-order valence-corrected chi connectivity index (χ3v) is 5.28. The molecule has 1 aromatic heterocycles. The molecule has 30 heavy (non-hydrogen) atoms. The first kappa shape index (κ1) is 20.2. The number of rotatable bonds is 7. The Morgan fingerprint density at radius 1 is 1.07 bits per heavy atom. The quantitative estimate of drug-likeness (QED) is 0.636. The van der Waals surface area contributed by atoms with Crippen LogP contribution in [-0.4, -0.2) is 35.1 Å². The van der Waals surface area contributed by atoms with E-state index >= 15 is 0 Å². The average molecular weight is 408 g/mol. The fourth-order valence-corrected chi connectivity index (χ4v) is 3.45. The molecule has 0 radical (unpaired) electrons. The molecule has 0 spiro atoms. The lowest BCUT2D eigenvalue weighted by Crippen LogP contribution is -2.56. The molecule has 1 fully saturated rings. The maximum absolute atomic E-state index is 13.1. The van der Waals surface area contributed by atoms with Crippen molar-refractivity contribution in [3.05, 3.63) is 82.5 Å². The summed E-state index contributed by atoms with van der Waals surface area (Å²) in [4.78, 5) is 17.6. The molecular weight excluding hydrogens is 383 g/mol. The highest BCUT2D eigenvalue weighted by atomic mass is 19.1. The lowest BCUT2D eigenvalue weighted by molar-refractivity contribution is 0.000160. The Hall–Kier alpha value is -3.12. The normalized spacial score (nSPS) is 14.5. The minimum Gasteiger partial charge on any atom is -0.488 e. The minimum atomic E-state index is -0.295. The Morgan fingerprint density at radius 2 is 1.77 bits per heavy atom. The van der Waals surface area contributed by atoms with Crippen molar-refractivity contribution in [2.75, 3.05) is 13.1 Å². The number of benzene rings is 2. The topological polar surface area (TPSA) is 54.6 Å². The standard InChI is InChI=1S/C24H25FN2O3/c1-16(2)27-13-21(14-27)30-20-9-5-18(6-10-20)23-22(11-12-26-24(23)28)29-15-17-3-7-19(25)8-4-17/h3-12,16,21H,13-15H2,1-2H3,(H,26,28). The number of aromatic nitrogens is 1. The Balaban J connectivity index is 1.46. The number of halogens is 1. The van der Waals surface area contributed by atoms with Crippen LogP contribution in [0.15, 0.2) is 65.6 Å². The van der Waals surface area contributed by atoms with Crippen LogP contribution in [0.2, 0.25) is 0 Å². The Labute approximate surface area is 175 Å². The van der Waals surface area contributed by atoms with E-state index in [1.54, 1.807) is 24.4 Å². The monoisotopic (exact) mass is 408 g/mol. The zero-order chi connectivity index (χ0) is 21.1. The van der Waals surface area contributed by atoms with Gasteiger partial charge in [-0.2, -0.15) is 0 Å². The number of ether oxygens (including phenoxy) is 2. The zero-order valence-corrected chi connectivity index (χ0v) is 17.1. The van der Waals surface area contributed by atoms with Gasteiger partial charge in [0, 0.05) is 25.3 Å². The molecule has 0 amide bonds. The van der Waals surface area contributed by atoms with E-state index in [-0.39, 0.29) is 24.1 Å². The van der Waals surface area contributed by atoms with E-state index in [1.165, 1.54) is 12.1 Å². The van der Waals surface area contributed by atoms with E-state index in [2.05, 4.69) is 23.7 Å². The maximum Gasteiger partial charge on any atom is 0.259 e. The second kappa shape index (κ2) is 8.71. The van der Waals surface area contributed by atoms with Crippen LogP contribution in [0.1, 0.15) is 19.4 Å². The zero-order valence-electron chi connectivity index (χ0n) is 17.1. The molecule has 5 nitrogen and oxygen atoms in total. The van der Waals surface area contributed by atoms with E-state index < -0.39 is 0 Å². The molecule has 4 rings (SSSR count). The van der Waals surface area contributed by atoms with Crippen molar-refractivity contribution >= 4 is 0 Å². The number of hydrogen-bond donors (Lipinski definition) is 1. The van der Waals surface area contributed by atoms with Crippen molar-refractivity contribution in [2.24, 2.45) is 0 Å². The molecule has 0 unspecified atom stereocenters. The summed E-state index contributed by atoms with van der Waals surface area (Å²) < 4.78 is 25.0. The van der Waals surface area contributed by atoms with E-state index in [0.717, 1.165) is 30.0 Å².